The number of allylic oxidation sites excluding steroid dienone is 1. The van der Waals surface area contributed by atoms with Crippen LogP contribution in [0.5, 0.6) is 0 Å². The summed E-state index contributed by atoms with van der Waals surface area (Å²) < 4.78 is 2.63. The molecule has 2 aliphatic heterocycles. The van der Waals surface area contributed by atoms with E-state index in [4.69, 9.17) is 4.98 Å². The molecule has 0 amide bonds. The molecule has 7 rings (SSSR count). The Hall–Kier alpha value is -1.65. The largest absolute Gasteiger partial charge is 0.324 e. The van der Waals surface area contributed by atoms with Gasteiger partial charge in [0.1, 0.15) is 5.82 Å². The molecule has 0 radical (unpaired) electrons. The fourth-order valence-electron chi connectivity index (χ4n) is 6.86. The van der Waals surface area contributed by atoms with Gasteiger partial charge in [-0.3, -0.25) is 4.90 Å². The summed E-state index contributed by atoms with van der Waals surface area (Å²) in [6.45, 7) is 10.8. The highest BCUT2D eigenvalue weighted by Gasteiger charge is 2.51. The van der Waals surface area contributed by atoms with Gasteiger partial charge in [-0.2, -0.15) is 0 Å². The molecule has 2 saturated heterocycles. The molecule has 1 unspecified atom stereocenters. The van der Waals surface area contributed by atoms with E-state index in [2.05, 4.69) is 59.0 Å². The van der Waals surface area contributed by atoms with Crippen molar-refractivity contribution in [2.75, 3.05) is 32.7 Å². The predicted molar refractivity (Wildman–Crippen MR) is 123 cm³/mol. The quantitative estimate of drug-likeness (QED) is 0.747. The van der Waals surface area contributed by atoms with E-state index in [1.807, 2.05) is 0 Å². The van der Waals surface area contributed by atoms with Crippen molar-refractivity contribution in [1.82, 2.24) is 19.8 Å². The number of aromatic nitrogens is 2. The fraction of sp³-hybridized carbons (Fsp3) is 0.654. The lowest BCUT2D eigenvalue weighted by Crippen LogP contribution is -2.50. The van der Waals surface area contributed by atoms with Gasteiger partial charge in [-0.15, -0.1) is 0 Å². The third kappa shape index (κ3) is 2.98. The number of hydrogen-bond acceptors (Lipinski definition) is 3. The highest BCUT2D eigenvalue weighted by atomic mass is 15.2. The molecule has 3 aliphatic carbocycles. The fourth-order valence-corrected chi connectivity index (χ4v) is 6.86. The van der Waals surface area contributed by atoms with Crippen LogP contribution in [0.25, 0.3) is 11.0 Å². The summed E-state index contributed by atoms with van der Waals surface area (Å²) in [5.41, 5.74) is 4.81. The van der Waals surface area contributed by atoms with Gasteiger partial charge >= 0.3 is 0 Å². The minimum atomic E-state index is 0.544. The van der Waals surface area contributed by atoms with Crippen LogP contribution >= 0.6 is 0 Å². The number of hydrogen-bond donors (Lipinski definition) is 1. The Morgan fingerprint density at radius 3 is 2.70 bits per heavy atom. The van der Waals surface area contributed by atoms with Crippen LogP contribution in [0.15, 0.2) is 35.9 Å². The first kappa shape index (κ1) is 19.1. The minimum Gasteiger partial charge on any atom is -0.324 e. The molecule has 1 N–H and O–H groups in total. The van der Waals surface area contributed by atoms with Crippen molar-refractivity contribution in [2.24, 2.45) is 17.3 Å². The van der Waals surface area contributed by atoms with Crippen LogP contribution in [0.1, 0.15) is 63.7 Å². The van der Waals surface area contributed by atoms with Crippen LogP contribution in [0.2, 0.25) is 0 Å². The number of imidazole rings is 1. The highest BCUT2D eigenvalue weighted by Crippen LogP contribution is 2.59. The minimum absolute atomic E-state index is 0.544. The molecule has 4 heteroatoms. The summed E-state index contributed by atoms with van der Waals surface area (Å²) in [5.74, 6) is 3.68. The van der Waals surface area contributed by atoms with Gasteiger partial charge in [-0.05, 0) is 68.0 Å². The summed E-state index contributed by atoms with van der Waals surface area (Å²) in [5, 5.41) is 3.54. The Bertz CT molecular complexity index is 957. The van der Waals surface area contributed by atoms with E-state index < -0.39 is 0 Å². The predicted octanol–water partition coefficient (Wildman–Crippen LogP) is 4.74. The molecule has 2 bridgehead atoms. The van der Waals surface area contributed by atoms with Gasteiger partial charge < -0.3 is 9.88 Å². The van der Waals surface area contributed by atoms with Crippen LogP contribution < -0.4 is 5.32 Å². The van der Waals surface area contributed by atoms with Crippen LogP contribution in [-0.2, 0) is 0 Å². The standard InChI is InChI=1S/C26H36N4/c1-26(2)20-8-7-19(22(26)15-20)17-29-13-10-21(11-14-29)30-24-6-4-3-5-23(24)28-25(30)18-9-12-27-16-18/h3-7,18,20-22,27H,8-17H2,1-2H3/t18?,20-,22-/m0/s1. The van der Waals surface area contributed by atoms with Crippen LogP contribution in [0.4, 0.5) is 0 Å². The molecule has 1 saturated carbocycles. The summed E-state index contributed by atoms with van der Waals surface area (Å²) >= 11 is 0. The van der Waals surface area contributed by atoms with Crippen LogP contribution in [-0.4, -0.2) is 47.2 Å². The molecule has 160 valence electrons. The number of rotatable bonds is 4. The van der Waals surface area contributed by atoms with Gasteiger partial charge in [-0.25, -0.2) is 4.98 Å². The third-order valence-corrected chi connectivity index (χ3v) is 8.96. The second kappa shape index (κ2) is 7.20. The average Bonchev–Trinajstić information content (AvgIpc) is 3.42. The lowest BCUT2D eigenvalue weighted by Gasteiger charge is -2.57. The summed E-state index contributed by atoms with van der Waals surface area (Å²) in [6.07, 6.45) is 9.05. The topological polar surface area (TPSA) is 33.1 Å². The molecule has 3 heterocycles. The maximum Gasteiger partial charge on any atom is 0.114 e. The van der Waals surface area contributed by atoms with Crippen molar-refractivity contribution in [3.63, 3.8) is 0 Å². The summed E-state index contributed by atoms with van der Waals surface area (Å²) in [6, 6.07) is 9.37. The Labute approximate surface area is 180 Å². The van der Waals surface area contributed by atoms with Crippen LogP contribution in [0.3, 0.4) is 0 Å². The van der Waals surface area contributed by atoms with E-state index >= 15 is 0 Å². The van der Waals surface area contributed by atoms with E-state index in [0.29, 0.717) is 17.4 Å². The molecular formula is C26H36N4. The van der Waals surface area contributed by atoms with Crippen molar-refractivity contribution < 1.29 is 0 Å². The van der Waals surface area contributed by atoms with E-state index in [1.165, 1.54) is 68.6 Å². The lowest BCUT2D eigenvalue weighted by molar-refractivity contribution is -0.0114. The number of fused-ring (bicyclic) bond motifs is 2. The first-order valence-electron chi connectivity index (χ1n) is 12.2. The van der Waals surface area contributed by atoms with Crippen LogP contribution in [0, 0.1) is 17.3 Å². The van der Waals surface area contributed by atoms with E-state index in [1.54, 1.807) is 5.57 Å². The average molecular weight is 405 g/mol. The zero-order valence-corrected chi connectivity index (χ0v) is 18.6. The van der Waals surface area contributed by atoms with Gasteiger partial charge in [0.2, 0.25) is 0 Å². The van der Waals surface area contributed by atoms with Gasteiger partial charge in [0.15, 0.2) is 0 Å². The lowest BCUT2D eigenvalue weighted by atomic mass is 9.49. The van der Waals surface area contributed by atoms with Crippen molar-refractivity contribution in [1.29, 1.82) is 0 Å². The molecule has 1 aromatic carbocycles. The molecule has 5 aliphatic rings. The number of nitrogens with one attached hydrogen (secondary N) is 1. The smallest absolute Gasteiger partial charge is 0.114 e. The van der Waals surface area contributed by atoms with Gasteiger partial charge in [0.25, 0.3) is 0 Å². The summed E-state index contributed by atoms with van der Waals surface area (Å²) in [7, 11) is 0. The van der Waals surface area contributed by atoms with Gasteiger partial charge in [0, 0.05) is 38.1 Å². The number of benzene rings is 1. The maximum atomic E-state index is 5.11. The van der Waals surface area contributed by atoms with Crippen molar-refractivity contribution in [3.8, 4) is 0 Å². The zero-order valence-electron chi connectivity index (χ0n) is 18.6. The van der Waals surface area contributed by atoms with E-state index in [9.17, 15) is 0 Å². The Morgan fingerprint density at radius 1 is 1.13 bits per heavy atom. The molecular weight excluding hydrogens is 368 g/mol. The second-order valence-electron chi connectivity index (χ2n) is 10.8. The summed E-state index contributed by atoms with van der Waals surface area (Å²) in [4.78, 5) is 7.84. The Balaban J connectivity index is 1.19. The molecule has 2 aromatic rings. The first-order valence-corrected chi connectivity index (χ1v) is 12.2. The molecule has 3 fully saturated rings. The van der Waals surface area contributed by atoms with Crippen molar-refractivity contribution in [2.45, 2.75) is 57.9 Å². The molecule has 4 nitrogen and oxygen atoms in total. The van der Waals surface area contributed by atoms with Crippen molar-refractivity contribution >= 4 is 11.0 Å². The molecule has 30 heavy (non-hydrogen) atoms. The SMILES string of the molecule is CC1(C)[C@H]2CC=C(CN3CCC(n4c(C5CCNC5)nc5ccccc54)CC3)[C@@H]1C2. The number of para-hydroxylation sites is 2. The van der Waals surface area contributed by atoms with E-state index in [0.717, 1.165) is 24.9 Å². The highest BCUT2D eigenvalue weighted by molar-refractivity contribution is 5.76. The van der Waals surface area contributed by atoms with Crippen molar-refractivity contribution in [3.05, 3.63) is 41.7 Å². The number of nitrogens with zero attached hydrogens (tertiary/aromatic N) is 3. The monoisotopic (exact) mass is 404 g/mol. The Kier molecular flexibility index (Phi) is 4.58. The molecule has 0 spiro atoms. The van der Waals surface area contributed by atoms with E-state index in [-0.39, 0.29) is 0 Å². The molecule has 1 aromatic heterocycles. The normalized spacial score (nSPS) is 31.7. The van der Waals surface area contributed by atoms with Gasteiger partial charge in [-0.1, -0.05) is 37.6 Å². The first-order chi connectivity index (χ1) is 14.6. The number of likely N-dealkylation sites (tertiary alicyclic amines) is 1. The van der Waals surface area contributed by atoms with Gasteiger partial charge in [0.05, 0.1) is 11.0 Å². The maximum absolute atomic E-state index is 5.11. The zero-order chi connectivity index (χ0) is 20.3. The second-order valence-corrected chi connectivity index (χ2v) is 10.8. The number of piperidine rings is 1. The third-order valence-electron chi connectivity index (χ3n) is 8.96. The molecule has 3 atom stereocenters. The Morgan fingerprint density at radius 2 is 1.97 bits per heavy atom.